The fourth-order valence-electron chi connectivity index (χ4n) is 7.47. The topological polar surface area (TPSA) is 78.9 Å². The molecule has 0 fully saturated rings. The maximum absolute atomic E-state index is 12.8. The Balaban J connectivity index is 4.44. The van der Waals surface area contributed by atoms with Crippen molar-refractivity contribution in [3.05, 3.63) is 72.9 Å². The Morgan fingerprint density at radius 3 is 0.846 bits per heavy atom. The van der Waals surface area contributed by atoms with E-state index in [-0.39, 0.29) is 31.1 Å². The normalized spacial score (nSPS) is 12.6. The van der Waals surface area contributed by atoms with Crippen molar-refractivity contribution >= 4 is 17.9 Å². The molecule has 0 aliphatic rings. The molecular weight excluding hydrogens is 805 g/mol. The molecule has 65 heavy (non-hydrogen) atoms. The summed E-state index contributed by atoms with van der Waals surface area (Å²) in [6, 6.07) is 0. The van der Waals surface area contributed by atoms with Crippen LogP contribution in [-0.2, 0) is 28.6 Å². The second kappa shape index (κ2) is 53.5. The Morgan fingerprint density at radius 1 is 0.308 bits per heavy atom. The van der Waals surface area contributed by atoms with Crippen molar-refractivity contribution in [2.24, 2.45) is 0 Å². The minimum absolute atomic E-state index is 0.0899. The van der Waals surface area contributed by atoms with E-state index < -0.39 is 6.10 Å². The lowest BCUT2D eigenvalue weighted by Crippen LogP contribution is -2.30. The molecule has 6 heteroatoms. The van der Waals surface area contributed by atoms with E-state index in [0.29, 0.717) is 19.3 Å². The Morgan fingerprint density at radius 2 is 0.554 bits per heavy atom. The average molecular weight is 907 g/mol. The van der Waals surface area contributed by atoms with E-state index in [0.717, 1.165) is 116 Å². The zero-order chi connectivity index (χ0) is 47.2. The van der Waals surface area contributed by atoms with Crippen molar-refractivity contribution < 1.29 is 28.6 Å². The van der Waals surface area contributed by atoms with Crippen molar-refractivity contribution in [1.82, 2.24) is 0 Å². The van der Waals surface area contributed by atoms with Crippen LogP contribution in [0.1, 0.15) is 265 Å². The standard InChI is InChI=1S/C59H102O6/c1-4-7-10-13-16-19-22-25-28-29-32-34-37-40-43-46-49-52-58(61)64-55-56(65-59(62)53-50-47-44-41-38-35-31-27-24-21-18-15-12-9-6-3)54-63-57(60)51-48-45-42-39-36-33-30-26-23-20-17-14-11-8-5-2/h16-21,25-28,30-31,56H,4-15,22-24,29,32-55H2,1-3H3/t56-/m1/s1. The molecule has 0 bridgehead atoms. The van der Waals surface area contributed by atoms with Crippen LogP contribution in [0.2, 0.25) is 0 Å². The van der Waals surface area contributed by atoms with Crippen LogP contribution in [0.5, 0.6) is 0 Å². The Bertz CT molecular complexity index is 1230. The summed E-state index contributed by atoms with van der Waals surface area (Å²) in [5, 5.41) is 0. The molecule has 1 atom stereocenters. The van der Waals surface area contributed by atoms with Crippen molar-refractivity contribution in [2.45, 2.75) is 271 Å². The largest absolute Gasteiger partial charge is 0.462 e. The lowest BCUT2D eigenvalue weighted by atomic mass is 10.1. The van der Waals surface area contributed by atoms with Crippen LogP contribution in [0.3, 0.4) is 0 Å². The van der Waals surface area contributed by atoms with E-state index in [1.807, 2.05) is 0 Å². The van der Waals surface area contributed by atoms with Gasteiger partial charge in [0.25, 0.3) is 0 Å². The summed E-state index contributed by atoms with van der Waals surface area (Å²) in [5.74, 6) is -0.921. The molecule has 0 aromatic rings. The molecule has 0 heterocycles. The number of esters is 3. The molecule has 0 N–H and O–H groups in total. The molecule has 0 rings (SSSR count). The number of rotatable bonds is 49. The summed E-state index contributed by atoms with van der Waals surface area (Å²) < 4.78 is 16.8. The van der Waals surface area contributed by atoms with E-state index in [2.05, 4.69) is 93.7 Å². The maximum atomic E-state index is 12.8. The number of carbonyl (C=O) groups is 3. The van der Waals surface area contributed by atoms with E-state index in [9.17, 15) is 14.4 Å². The number of ether oxygens (including phenoxy) is 3. The number of unbranched alkanes of at least 4 members (excludes halogenated alkanes) is 26. The Hall–Kier alpha value is -3.15. The van der Waals surface area contributed by atoms with Gasteiger partial charge in [-0.3, -0.25) is 14.4 Å². The van der Waals surface area contributed by atoms with Crippen molar-refractivity contribution in [2.75, 3.05) is 13.2 Å². The number of hydrogen-bond donors (Lipinski definition) is 0. The molecule has 0 aliphatic heterocycles. The van der Waals surface area contributed by atoms with Crippen molar-refractivity contribution in [1.29, 1.82) is 0 Å². The van der Waals surface area contributed by atoms with Crippen LogP contribution >= 0.6 is 0 Å². The third-order valence-electron chi connectivity index (χ3n) is 11.7. The maximum Gasteiger partial charge on any atom is 0.306 e. The SMILES string of the molecule is CCCCCC=CCC=CCCCCCCCCCC(=O)OC[C@@H](COC(=O)CCCCCCCC=CCC=CCCCCC)OC(=O)CCCCCCCC=CCC=CCCCCC. The molecule has 0 amide bonds. The second-order valence-electron chi connectivity index (χ2n) is 18.1. The number of hydrogen-bond acceptors (Lipinski definition) is 6. The monoisotopic (exact) mass is 907 g/mol. The van der Waals surface area contributed by atoms with Crippen LogP contribution in [0.25, 0.3) is 0 Å². The van der Waals surface area contributed by atoms with Crippen molar-refractivity contribution in [3.8, 4) is 0 Å². The third-order valence-corrected chi connectivity index (χ3v) is 11.7. The molecule has 374 valence electrons. The zero-order valence-corrected chi connectivity index (χ0v) is 42.7. The van der Waals surface area contributed by atoms with Gasteiger partial charge < -0.3 is 14.2 Å². The first kappa shape index (κ1) is 61.9. The summed E-state index contributed by atoms with van der Waals surface area (Å²) in [6.45, 7) is 6.54. The zero-order valence-electron chi connectivity index (χ0n) is 42.7. The van der Waals surface area contributed by atoms with Crippen LogP contribution < -0.4 is 0 Å². The van der Waals surface area contributed by atoms with Gasteiger partial charge in [0, 0.05) is 19.3 Å². The Kier molecular flexibility index (Phi) is 50.9. The van der Waals surface area contributed by atoms with Gasteiger partial charge >= 0.3 is 17.9 Å². The average Bonchev–Trinajstić information content (AvgIpc) is 3.30. The van der Waals surface area contributed by atoms with E-state index in [1.54, 1.807) is 0 Å². The highest BCUT2D eigenvalue weighted by Gasteiger charge is 2.19. The molecule has 0 spiro atoms. The highest BCUT2D eigenvalue weighted by atomic mass is 16.6. The smallest absolute Gasteiger partial charge is 0.306 e. The second-order valence-corrected chi connectivity index (χ2v) is 18.1. The molecule has 0 saturated heterocycles. The molecule has 0 saturated carbocycles. The van der Waals surface area contributed by atoms with Gasteiger partial charge in [0.2, 0.25) is 0 Å². The molecular formula is C59H102O6. The first-order chi connectivity index (χ1) is 32.0. The minimum atomic E-state index is -0.792. The quantitative estimate of drug-likeness (QED) is 0.0262. The Labute approximate surface area is 402 Å². The molecule has 0 radical (unpaired) electrons. The molecule has 0 aromatic carbocycles. The van der Waals surface area contributed by atoms with Crippen LogP contribution in [0.15, 0.2) is 72.9 Å². The van der Waals surface area contributed by atoms with Crippen LogP contribution in [0.4, 0.5) is 0 Å². The van der Waals surface area contributed by atoms with Gasteiger partial charge in [-0.15, -0.1) is 0 Å². The van der Waals surface area contributed by atoms with Crippen LogP contribution in [-0.4, -0.2) is 37.2 Å². The predicted molar refractivity (Wildman–Crippen MR) is 279 cm³/mol. The predicted octanol–water partition coefficient (Wildman–Crippen LogP) is 18.2. The number of carbonyl (C=O) groups excluding carboxylic acids is 3. The summed E-state index contributed by atoms with van der Waals surface area (Å²) in [6.07, 6.45) is 67.3. The summed E-state index contributed by atoms with van der Waals surface area (Å²) in [4.78, 5) is 38.1. The molecule has 0 aromatic heterocycles. The van der Waals surface area contributed by atoms with Gasteiger partial charge in [-0.05, 0) is 116 Å². The van der Waals surface area contributed by atoms with Gasteiger partial charge in [-0.25, -0.2) is 0 Å². The van der Waals surface area contributed by atoms with Crippen LogP contribution in [0, 0.1) is 0 Å². The van der Waals surface area contributed by atoms with Gasteiger partial charge in [0.05, 0.1) is 0 Å². The summed E-state index contributed by atoms with van der Waals surface area (Å²) >= 11 is 0. The third kappa shape index (κ3) is 51.7. The first-order valence-corrected chi connectivity index (χ1v) is 27.4. The van der Waals surface area contributed by atoms with E-state index in [1.165, 1.54) is 109 Å². The number of allylic oxidation sites excluding steroid dienone is 12. The van der Waals surface area contributed by atoms with Gasteiger partial charge in [0.1, 0.15) is 13.2 Å². The fraction of sp³-hybridized carbons (Fsp3) is 0.746. The summed E-state index contributed by atoms with van der Waals surface area (Å²) in [7, 11) is 0. The first-order valence-electron chi connectivity index (χ1n) is 27.4. The lowest BCUT2D eigenvalue weighted by Gasteiger charge is -2.18. The van der Waals surface area contributed by atoms with E-state index >= 15 is 0 Å². The lowest BCUT2D eigenvalue weighted by molar-refractivity contribution is -0.167. The molecule has 6 nitrogen and oxygen atoms in total. The van der Waals surface area contributed by atoms with Gasteiger partial charge in [-0.1, -0.05) is 203 Å². The highest BCUT2D eigenvalue weighted by Crippen LogP contribution is 2.14. The fourth-order valence-corrected chi connectivity index (χ4v) is 7.47. The highest BCUT2D eigenvalue weighted by molar-refractivity contribution is 5.71. The molecule has 0 unspecified atom stereocenters. The van der Waals surface area contributed by atoms with Gasteiger partial charge in [0.15, 0.2) is 6.10 Å². The van der Waals surface area contributed by atoms with Gasteiger partial charge in [-0.2, -0.15) is 0 Å². The molecule has 0 aliphatic carbocycles. The van der Waals surface area contributed by atoms with E-state index in [4.69, 9.17) is 14.2 Å². The minimum Gasteiger partial charge on any atom is -0.462 e. The summed E-state index contributed by atoms with van der Waals surface area (Å²) in [5.41, 5.74) is 0. The van der Waals surface area contributed by atoms with Crippen molar-refractivity contribution in [3.63, 3.8) is 0 Å².